The second-order valence-corrected chi connectivity index (χ2v) is 7.11. The molecule has 33 heavy (non-hydrogen) atoms. The van der Waals surface area contributed by atoms with Gasteiger partial charge in [0.1, 0.15) is 23.1 Å². The number of halogens is 7. The van der Waals surface area contributed by atoms with Crippen molar-refractivity contribution in [3.05, 3.63) is 102 Å². The van der Waals surface area contributed by atoms with Gasteiger partial charge in [0, 0.05) is 5.57 Å². The summed E-state index contributed by atoms with van der Waals surface area (Å²) in [6, 6.07) is 16.0. The lowest BCUT2D eigenvalue weighted by molar-refractivity contribution is -0.274. The highest BCUT2D eigenvalue weighted by molar-refractivity contribution is 6.27. The van der Waals surface area contributed by atoms with Gasteiger partial charge in [0.2, 0.25) is 0 Å². The highest BCUT2D eigenvalue weighted by Crippen LogP contribution is 2.37. The van der Waals surface area contributed by atoms with Gasteiger partial charge in [0.05, 0.1) is 0 Å². The summed E-state index contributed by atoms with van der Waals surface area (Å²) in [5.74, 6) is -0.0902. The molecule has 0 aromatic heterocycles. The molecule has 0 unspecified atom stereocenters. The van der Waals surface area contributed by atoms with Crippen molar-refractivity contribution in [2.24, 2.45) is 0 Å². The molecule has 0 aliphatic heterocycles. The molecule has 3 rings (SSSR count). The van der Waals surface area contributed by atoms with Crippen molar-refractivity contribution in [1.29, 1.82) is 0 Å². The number of allylic oxidation sites excluding steroid dienone is 3. The minimum Gasteiger partial charge on any atom is -0.457 e. The minimum atomic E-state index is -4.89. The van der Waals surface area contributed by atoms with Crippen LogP contribution in [0.4, 0.5) is 26.3 Å². The van der Waals surface area contributed by atoms with Crippen LogP contribution in [0.3, 0.4) is 0 Å². The van der Waals surface area contributed by atoms with E-state index in [4.69, 9.17) is 16.3 Å². The highest BCUT2D eigenvalue weighted by Gasteiger charge is 2.33. The molecular weight excluding hydrogens is 470 g/mol. The predicted molar refractivity (Wildman–Crippen MR) is 114 cm³/mol. The van der Waals surface area contributed by atoms with Gasteiger partial charge in [0.25, 0.3) is 0 Å². The van der Waals surface area contributed by atoms with E-state index in [1.807, 2.05) is 0 Å². The Kier molecular flexibility index (Phi) is 7.38. The van der Waals surface area contributed by atoms with Crippen LogP contribution in [0.25, 0.3) is 11.6 Å². The van der Waals surface area contributed by atoms with Gasteiger partial charge >= 0.3 is 11.7 Å². The summed E-state index contributed by atoms with van der Waals surface area (Å²) in [7, 11) is 0. The van der Waals surface area contributed by atoms with E-state index in [1.165, 1.54) is 36.4 Å². The number of ether oxygens (including phenoxy) is 2. The molecule has 0 fully saturated rings. The Hall–Kier alpha value is -3.39. The lowest BCUT2D eigenvalue weighted by Crippen LogP contribution is -2.17. The molecule has 0 amide bonds. The lowest BCUT2D eigenvalue weighted by Gasteiger charge is -2.14. The van der Waals surface area contributed by atoms with E-state index in [9.17, 15) is 26.3 Å². The number of hydrogen-bond donors (Lipinski definition) is 0. The van der Waals surface area contributed by atoms with Crippen LogP contribution in [0.1, 0.15) is 11.1 Å². The summed E-state index contributed by atoms with van der Waals surface area (Å²) < 4.78 is 87.0. The van der Waals surface area contributed by atoms with E-state index in [0.29, 0.717) is 17.1 Å². The molecule has 0 saturated heterocycles. The van der Waals surface area contributed by atoms with Gasteiger partial charge < -0.3 is 9.47 Å². The molecule has 0 spiro atoms. The molecule has 0 radical (unpaired) electrons. The summed E-state index contributed by atoms with van der Waals surface area (Å²) in [5.41, 5.74) is -0.0858. The van der Waals surface area contributed by atoms with Crippen LogP contribution in [0.2, 0.25) is 0 Å². The number of hydrogen-bond acceptors (Lipinski definition) is 2. The fraction of sp³-hybridized carbons (Fsp3) is 0.0833. The fourth-order valence-electron chi connectivity index (χ4n) is 2.77. The molecule has 0 aliphatic rings. The monoisotopic (exact) mass is 484 g/mol. The summed E-state index contributed by atoms with van der Waals surface area (Å²) in [6.45, 7) is 0. The van der Waals surface area contributed by atoms with Crippen LogP contribution in [0.15, 0.2) is 84.9 Å². The smallest absolute Gasteiger partial charge is 0.457 e. The van der Waals surface area contributed by atoms with E-state index in [-0.39, 0.29) is 5.56 Å². The Labute approximate surface area is 190 Å². The first-order chi connectivity index (χ1) is 15.5. The average molecular weight is 485 g/mol. The maximum Gasteiger partial charge on any atom is 0.573 e. The highest BCUT2D eigenvalue weighted by atomic mass is 35.5. The third kappa shape index (κ3) is 7.61. The summed E-state index contributed by atoms with van der Waals surface area (Å²) in [5, 5.41) is -3.77. The number of benzene rings is 3. The van der Waals surface area contributed by atoms with E-state index in [0.717, 1.165) is 30.3 Å². The van der Waals surface area contributed by atoms with E-state index in [1.54, 1.807) is 24.3 Å². The average Bonchev–Trinajstić information content (AvgIpc) is 2.72. The molecule has 0 saturated carbocycles. The van der Waals surface area contributed by atoms with Crippen LogP contribution < -0.4 is 9.47 Å². The summed E-state index contributed by atoms with van der Waals surface area (Å²) >= 11 is 5.19. The first-order valence-corrected chi connectivity index (χ1v) is 9.73. The van der Waals surface area contributed by atoms with Crippen molar-refractivity contribution in [3.63, 3.8) is 0 Å². The van der Waals surface area contributed by atoms with Crippen LogP contribution in [-0.4, -0.2) is 11.7 Å². The first-order valence-electron chi connectivity index (χ1n) is 9.35. The van der Waals surface area contributed by atoms with Crippen molar-refractivity contribution in [1.82, 2.24) is 0 Å². The summed E-state index contributed by atoms with van der Waals surface area (Å²) in [6.07, 6.45) is -1.00. The fourth-order valence-corrected chi connectivity index (χ4v) is 2.94. The van der Waals surface area contributed by atoms with Crippen molar-refractivity contribution >= 4 is 23.3 Å². The quantitative estimate of drug-likeness (QED) is 0.190. The molecule has 2 nitrogen and oxygen atoms in total. The van der Waals surface area contributed by atoms with Gasteiger partial charge in [-0.05, 0) is 71.3 Å². The second kappa shape index (κ2) is 10.0. The van der Waals surface area contributed by atoms with Gasteiger partial charge in [-0.15, -0.1) is 13.2 Å². The maximum absolute atomic E-state index is 13.9. The van der Waals surface area contributed by atoms with Crippen LogP contribution >= 0.6 is 11.6 Å². The summed E-state index contributed by atoms with van der Waals surface area (Å²) in [4.78, 5) is 0. The van der Waals surface area contributed by atoms with E-state index in [2.05, 4.69) is 4.74 Å². The molecule has 3 aromatic carbocycles. The molecule has 0 heterocycles. The Morgan fingerprint density at radius 1 is 0.788 bits per heavy atom. The van der Waals surface area contributed by atoms with Gasteiger partial charge in [0.15, 0.2) is 0 Å². The molecule has 3 aromatic rings. The molecule has 0 bridgehead atoms. The third-order valence-corrected chi connectivity index (χ3v) is 4.37. The van der Waals surface area contributed by atoms with E-state index >= 15 is 0 Å². The Morgan fingerprint density at radius 2 is 1.42 bits per heavy atom. The Balaban J connectivity index is 1.78. The molecule has 0 aliphatic carbocycles. The minimum absolute atomic E-state index is 0.0810. The van der Waals surface area contributed by atoms with E-state index < -0.39 is 28.9 Å². The number of rotatable bonds is 7. The van der Waals surface area contributed by atoms with Gasteiger partial charge in [-0.3, -0.25) is 0 Å². The zero-order valence-corrected chi connectivity index (χ0v) is 17.4. The van der Waals surface area contributed by atoms with Crippen molar-refractivity contribution in [2.75, 3.05) is 0 Å². The Bertz CT molecular complexity index is 1130. The second-order valence-electron chi connectivity index (χ2n) is 6.64. The maximum atomic E-state index is 13.9. The van der Waals surface area contributed by atoms with Gasteiger partial charge in [-0.2, -0.15) is 8.78 Å². The van der Waals surface area contributed by atoms with Crippen molar-refractivity contribution in [3.8, 4) is 17.2 Å². The molecule has 9 heteroatoms. The first kappa shape index (κ1) is 24.3. The topological polar surface area (TPSA) is 18.5 Å². The third-order valence-electron chi connectivity index (χ3n) is 4.16. The lowest BCUT2D eigenvalue weighted by atomic mass is 10.0. The SMILES string of the molecule is Fc1ccc(Oc2cccc(/C=C/C=C(/c3ccc(OC(F)(F)F)cc3)C(F)(F)Cl)c2)cc1. The molecular formula is C24H15ClF6O2. The van der Waals surface area contributed by atoms with Gasteiger partial charge in [-0.25, -0.2) is 4.39 Å². The predicted octanol–water partition coefficient (Wildman–Crippen LogP) is 8.45. The molecule has 0 N–H and O–H groups in total. The number of alkyl halides is 6. The van der Waals surface area contributed by atoms with Crippen LogP contribution in [0.5, 0.6) is 17.2 Å². The van der Waals surface area contributed by atoms with Gasteiger partial charge in [-0.1, -0.05) is 42.5 Å². The standard InChI is InChI=1S/C24H15ClF6O2/c25-23(27,28)22(17-7-11-20(12-8-17)33-24(29,30)31)6-2-4-16-3-1-5-21(15-16)32-19-13-9-18(26)10-14-19/h1-15H/b4-2+,22-6-. The normalized spacial score (nSPS) is 12.8. The van der Waals surface area contributed by atoms with Crippen molar-refractivity contribution in [2.45, 2.75) is 11.7 Å². The van der Waals surface area contributed by atoms with Crippen molar-refractivity contribution < 1.29 is 35.8 Å². The molecule has 0 atom stereocenters. The Morgan fingerprint density at radius 3 is 2.03 bits per heavy atom. The molecule has 172 valence electrons. The largest absolute Gasteiger partial charge is 0.573 e. The zero-order valence-electron chi connectivity index (χ0n) is 16.6. The van der Waals surface area contributed by atoms with Crippen LogP contribution in [0, 0.1) is 5.82 Å². The van der Waals surface area contributed by atoms with Crippen LogP contribution in [-0.2, 0) is 0 Å². The zero-order chi connectivity index (χ0) is 24.1.